The summed E-state index contributed by atoms with van der Waals surface area (Å²) in [6.45, 7) is 2.35. The fourth-order valence-corrected chi connectivity index (χ4v) is 3.06. The first-order valence-corrected chi connectivity index (χ1v) is 7.81. The van der Waals surface area contributed by atoms with E-state index in [2.05, 4.69) is 26.9 Å². The molecule has 3 rings (SSSR count). The van der Waals surface area contributed by atoms with Crippen molar-refractivity contribution in [3.63, 3.8) is 0 Å². The zero-order valence-corrected chi connectivity index (χ0v) is 12.6. The van der Waals surface area contributed by atoms with Crippen molar-refractivity contribution in [2.24, 2.45) is 17.6 Å². The van der Waals surface area contributed by atoms with Gasteiger partial charge < -0.3 is 10.6 Å². The minimum Gasteiger partial charge on any atom is -0.384 e. The SMILES string of the molecule is N=C(N)c1ccc(N(CC2CC2)CC2CC2)c(Br)c1. The van der Waals surface area contributed by atoms with Gasteiger partial charge in [-0.2, -0.15) is 0 Å². The van der Waals surface area contributed by atoms with Gasteiger partial charge in [0.2, 0.25) is 0 Å². The van der Waals surface area contributed by atoms with Gasteiger partial charge >= 0.3 is 0 Å². The smallest absolute Gasteiger partial charge is 0.122 e. The van der Waals surface area contributed by atoms with Crippen LogP contribution in [0, 0.1) is 17.2 Å². The maximum absolute atomic E-state index is 7.50. The van der Waals surface area contributed by atoms with E-state index >= 15 is 0 Å². The molecule has 3 N–H and O–H groups in total. The van der Waals surface area contributed by atoms with E-state index < -0.39 is 0 Å². The van der Waals surface area contributed by atoms with E-state index in [1.165, 1.54) is 44.5 Å². The Hall–Kier alpha value is -1.03. The van der Waals surface area contributed by atoms with E-state index in [1.54, 1.807) is 0 Å². The molecule has 19 heavy (non-hydrogen) atoms. The van der Waals surface area contributed by atoms with E-state index in [-0.39, 0.29) is 5.84 Å². The molecule has 0 unspecified atom stereocenters. The second-order valence-electron chi connectivity index (χ2n) is 5.87. The van der Waals surface area contributed by atoms with Gasteiger partial charge in [0.1, 0.15) is 5.84 Å². The molecule has 0 aromatic heterocycles. The Morgan fingerprint density at radius 3 is 2.21 bits per heavy atom. The van der Waals surface area contributed by atoms with Crippen LogP contribution in [0.4, 0.5) is 5.69 Å². The van der Waals surface area contributed by atoms with Crippen molar-refractivity contribution in [1.82, 2.24) is 0 Å². The summed E-state index contributed by atoms with van der Waals surface area (Å²) in [5, 5.41) is 7.50. The maximum Gasteiger partial charge on any atom is 0.122 e. The molecular formula is C15H20BrN3. The molecule has 0 saturated heterocycles. The normalized spacial score (nSPS) is 18.4. The summed E-state index contributed by atoms with van der Waals surface area (Å²) >= 11 is 3.64. The first kappa shape index (κ1) is 13.0. The molecule has 2 saturated carbocycles. The molecule has 0 amide bonds. The number of halogens is 1. The first-order chi connectivity index (χ1) is 9.13. The standard InChI is InChI=1S/C15H20BrN3/c16-13-7-12(15(17)18)5-6-14(13)19(8-10-1-2-10)9-11-3-4-11/h5-7,10-11H,1-4,8-9H2,(H3,17,18). The molecular weight excluding hydrogens is 302 g/mol. The van der Waals surface area contributed by atoms with Gasteiger partial charge in [-0.3, -0.25) is 5.41 Å². The molecule has 0 bridgehead atoms. The number of benzene rings is 1. The van der Waals surface area contributed by atoms with Gasteiger partial charge in [0.15, 0.2) is 0 Å². The van der Waals surface area contributed by atoms with Crippen LogP contribution >= 0.6 is 15.9 Å². The van der Waals surface area contributed by atoms with Gasteiger partial charge in [0.25, 0.3) is 0 Å². The van der Waals surface area contributed by atoms with Crippen LogP contribution in [0.15, 0.2) is 22.7 Å². The van der Waals surface area contributed by atoms with Crippen molar-refractivity contribution in [3.8, 4) is 0 Å². The molecule has 0 radical (unpaired) electrons. The third kappa shape index (κ3) is 3.30. The van der Waals surface area contributed by atoms with E-state index in [0.717, 1.165) is 21.9 Å². The molecule has 3 nitrogen and oxygen atoms in total. The van der Waals surface area contributed by atoms with Crippen LogP contribution in [0.5, 0.6) is 0 Å². The highest BCUT2D eigenvalue weighted by Crippen LogP contribution is 2.38. The molecule has 2 aliphatic carbocycles. The number of hydrogen-bond acceptors (Lipinski definition) is 2. The Bertz CT molecular complexity index is 478. The average molecular weight is 322 g/mol. The summed E-state index contributed by atoms with van der Waals surface area (Å²) in [4.78, 5) is 2.52. The van der Waals surface area contributed by atoms with Gasteiger partial charge in [0.05, 0.1) is 5.69 Å². The maximum atomic E-state index is 7.50. The van der Waals surface area contributed by atoms with Crippen LogP contribution in [-0.4, -0.2) is 18.9 Å². The number of nitrogens with two attached hydrogens (primary N) is 1. The highest BCUT2D eigenvalue weighted by atomic mass is 79.9. The lowest BCUT2D eigenvalue weighted by Gasteiger charge is -2.26. The van der Waals surface area contributed by atoms with Crippen molar-refractivity contribution >= 4 is 27.5 Å². The largest absolute Gasteiger partial charge is 0.384 e. The third-order valence-corrected chi connectivity index (χ3v) is 4.59. The fourth-order valence-electron chi connectivity index (χ4n) is 2.43. The highest BCUT2D eigenvalue weighted by molar-refractivity contribution is 9.10. The van der Waals surface area contributed by atoms with Gasteiger partial charge in [-0.25, -0.2) is 0 Å². The third-order valence-electron chi connectivity index (χ3n) is 3.95. The minimum absolute atomic E-state index is 0.128. The Balaban J connectivity index is 1.80. The number of nitrogens with one attached hydrogen (secondary N) is 1. The fraction of sp³-hybridized carbons (Fsp3) is 0.533. The summed E-state index contributed by atoms with van der Waals surface area (Å²) in [6, 6.07) is 6.02. The molecule has 2 aliphatic rings. The van der Waals surface area contributed by atoms with E-state index in [4.69, 9.17) is 11.1 Å². The molecule has 0 atom stereocenters. The Morgan fingerprint density at radius 1 is 1.21 bits per heavy atom. The lowest BCUT2D eigenvalue weighted by atomic mass is 10.1. The van der Waals surface area contributed by atoms with Crippen molar-refractivity contribution in [2.45, 2.75) is 25.7 Å². The van der Waals surface area contributed by atoms with Crippen LogP contribution in [-0.2, 0) is 0 Å². The van der Waals surface area contributed by atoms with Crippen LogP contribution < -0.4 is 10.6 Å². The number of nitrogens with zero attached hydrogens (tertiary/aromatic N) is 1. The molecule has 4 heteroatoms. The molecule has 1 aromatic carbocycles. The zero-order valence-electron chi connectivity index (χ0n) is 11.0. The monoisotopic (exact) mass is 321 g/mol. The molecule has 1 aromatic rings. The van der Waals surface area contributed by atoms with Crippen LogP contribution in [0.2, 0.25) is 0 Å². The van der Waals surface area contributed by atoms with Crippen molar-refractivity contribution in [1.29, 1.82) is 5.41 Å². The number of anilines is 1. The Morgan fingerprint density at radius 2 is 1.79 bits per heavy atom. The van der Waals surface area contributed by atoms with Gasteiger partial charge in [-0.1, -0.05) is 0 Å². The molecule has 0 aliphatic heterocycles. The van der Waals surface area contributed by atoms with E-state index in [9.17, 15) is 0 Å². The van der Waals surface area contributed by atoms with Crippen molar-refractivity contribution < 1.29 is 0 Å². The number of hydrogen-bond donors (Lipinski definition) is 2. The van der Waals surface area contributed by atoms with Crippen LogP contribution in [0.1, 0.15) is 31.2 Å². The lowest BCUT2D eigenvalue weighted by molar-refractivity contribution is 0.678. The molecule has 2 fully saturated rings. The molecule has 102 valence electrons. The average Bonchev–Trinajstić information content (AvgIpc) is 3.23. The summed E-state index contributed by atoms with van der Waals surface area (Å²) < 4.78 is 1.06. The molecule has 0 spiro atoms. The summed E-state index contributed by atoms with van der Waals surface area (Å²) in [6.07, 6.45) is 5.52. The van der Waals surface area contributed by atoms with E-state index in [0.29, 0.717) is 0 Å². The predicted molar refractivity (Wildman–Crippen MR) is 82.8 cm³/mol. The van der Waals surface area contributed by atoms with Crippen LogP contribution in [0.3, 0.4) is 0 Å². The minimum atomic E-state index is 0.128. The summed E-state index contributed by atoms with van der Waals surface area (Å²) in [7, 11) is 0. The molecule has 0 heterocycles. The Kier molecular flexibility index (Phi) is 3.52. The van der Waals surface area contributed by atoms with Crippen LogP contribution in [0.25, 0.3) is 0 Å². The number of nitrogen functional groups attached to an aromatic ring is 1. The second-order valence-corrected chi connectivity index (χ2v) is 6.73. The van der Waals surface area contributed by atoms with Crippen molar-refractivity contribution in [2.75, 3.05) is 18.0 Å². The topological polar surface area (TPSA) is 53.1 Å². The quantitative estimate of drug-likeness (QED) is 0.623. The first-order valence-electron chi connectivity index (χ1n) is 7.02. The van der Waals surface area contributed by atoms with Crippen molar-refractivity contribution in [3.05, 3.63) is 28.2 Å². The highest BCUT2D eigenvalue weighted by Gasteiger charge is 2.30. The van der Waals surface area contributed by atoms with E-state index in [1.807, 2.05) is 12.1 Å². The summed E-state index contributed by atoms with van der Waals surface area (Å²) in [5.41, 5.74) is 7.58. The number of rotatable bonds is 6. The van der Waals surface area contributed by atoms with Gasteiger partial charge in [-0.15, -0.1) is 0 Å². The van der Waals surface area contributed by atoms with Gasteiger partial charge in [0, 0.05) is 23.1 Å². The van der Waals surface area contributed by atoms with Gasteiger partial charge in [-0.05, 0) is 71.6 Å². The zero-order chi connectivity index (χ0) is 13.4. The predicted octanol–water partition coefficient (Wildman–Crippen LogP) is 3.36. The Labute approximate surface area is 122 Å². The lowest BCUT2D eigenvalue weighted by Crippen LogP contribution is -2.28. The summed E-state index contributed by atoms with van der Waals surface area (Å²) in [5.74, 6) is 1.90. The number of amidine groups is 1. The second kappa shape index (κ2) is 5.16.